The number of nitrogens with zero attached hydrogens (tertiary/aromatic N) is 3. The van der Waals surface area contributed by atoms with Crippen LogP contribution in [0.4, 0.5) is 5.69 Å². The monoisotopic (exact) mass is 531 g/mol. The summed E-state index contributed by atoms with van der Waals surface area (Å²) in [6.45, 7) is 2.78. The van der Waals surface area contributed by atoms with Gasteiger partial charge in [0, 0.05) is 13.1 Å². The van der Waals surface area contributed by atoms with Crippen LogP contribution in [0.1, 0.15) is 21.8 Å². The first-order chi connectivity index (χ1) is 18.9. The third-order valence-electron chi connectivity index (χ3n) is 6.57. The van der Waals surface area contributed by atoms with Crippen LogP contribution < -0.4 is 16.0 Å². The number of carbonyl (C=O) groups excluding carboxylic acids is 3. The third-order valence-corrected chi connectivity index (χ3v) is 6.57. The summed E-state index contributed by atoms with van der Waals surface area (Å²) in [5, 5.41) is 13.1. The minimum atomic E-state index is -1.00. The van der Waals surface area contributed by atoms with Gasteiger partial charge in [-0.1, -0.05) is 42.5 Å². The van der Waals surface area contributed by atoms with Crippen LogP contribution in [0, 0.1) is 11.3 Å². The SMILES string of the molecule is COC(=O)C1=C(C(=O)OC)N(c2ccccc2C(=O)NCN2CCOCC2)C(N)=C(C#N)C1c1ccccc1. The summed E-state index contributed by atoms with van der Waals surface area (Å²) in [6, 6.07) is 17.3. The summed E-state index contributed by atoms with van der Waals surface area (Å²) in [7, 11) is 2.35. The van der Waals surface area contributed by atoms with Crippen molar-refractivity contribution >= 4 is 23.5 Å². The number of hydrogen-bond donors (Lipinski definition) is 2. The maximum absolute atomic E-state index is 13.4. The highest BCUT2D eigenvalue weighted by Gasteiger charge is 2.43. The zero-order valence-electron chi connectivity index (χ0n) is 21.7. The molecule has 11 nitrogen and oxygen atoms in total. The molecule has 1 atom stereocenters. The Labute approximate surface area is 226 Å². The Kier molecular flexibility index (Phi) is 8.60. The average molecular weight is 532 g/mol. The predicted molar refractivity (Wildman–Crippen MR) is 141 cm³/mol. The Bertz CT molecular complexity index is 1360. The van der Waals surface area contributed by atoms with E-state index in [1.165, 1.54) is 19.1 Å². The summed E-state index contributed by atoms with van der Waals surface area (Å²) >= 11 is 0. The van der Waals surface area contributed by atoms with Gasteiger partial charge in [0.05, 0.1) is 68.5 Å². The maximum atomic E-state index is 13.4. The zero-order chi connectivity index (χ0) is 27.9. The second-order valence-corrected chi connectivity index (χ2v) is 8.75. The number of carbonyl (C=O) groups is 3. The molecule has 4 rings (SSSR count). The molecule has 0 radical (unpaired) electrons. The number of methoxy groups -OCH3 is 2. The number of nitrogens with one attached hydrogen (secondary N) is 1. The minimum absolute atomic E-state index is 0.0118. The number of hydrogen-bond acceptors (Lipinski definition) is 10. The molecule has 2 aromatic rings. The highest BCUT2D eigenvalue weighted by molar-refractivity contribution is 6.08. The molecule has 0 bridgehead atoms. The lowest BCUT2D eigenvalue weighted by atomic mass is 9.80. The van der Waals surface area contributed by atoms with E-state index in [-0.39, 0.29) is 40.6 Å². The Balaban J connectivity index is 1.88. The molecule has 0 spiro atoms. The summed E-state index contributed by atoms with van der Waals surface area (Å²) in [4.78, 5) is 43.2. The number of benzene rings is 2. The molecule has 1 unspecified atom stereocenters. The van der Waals surface area contributed by atoms with Gasteiger partial charge in [-0.05, 0) is 17.7 Å². The van der Waals surface area contributed by atoms with Gasteiger partial charge in [0.2, 0.25) is 0 Å². The molecule has 1 saturated heterocycles. The lowest BCUT2D eigenvalue weighted by Crippen LogP contribution is -2.44. The van der Waals surface area contributed by atoms with E-state index in [1.54, 1.807) is 54.6 Å². The first-order valence-corrected chi connectivity index (χ1v) is 12.3. The molecule has 3 N–H and O–H groups in total. The smallest absolute Gasteiger partial charge is 0.355 e. The minimum Gasteiger partial charge on any atom is -0.466 e. The fourth-order valence-electron chi connectivity index (χ4n) is 4.66. The van der Waals surface area contributed by atoms with Crippen molar-refractivity contribution in [1.29, 1.82) is 5.26 Å². The van der Waals surface area contributed by atoms with E-state index in [2.05, 4.69) is 11.4 Å². The molecule has 2 heterocycles. The third kappa shape index (κ3) is 5.47. The number of nitriles is 1. The Morgan fingerprint density at radius 2 is 1.67 bits per heavy atom. The number of para-hydroxylation sites is 1. The van der Waals surface area contributed by atoms with Crippen LogP contribution in [0.5, 0.6) is 0 Å². The van der Waals surface area contributed by atoms with Crippen LogP contribution in [0.3, 0.4) is 0 Å². The van der Waals surface area contributed by atoms with Gasteiger partial charge in [-0.25, -0.2) is 9.59 Å². The molecular formula is C28H29N5O6. The van der Waals surface area contributed by atoms with Crippen LogP contribution in [0.15, 0.2) is 77.3 Å². The molecule has 1 amide bonds. The van der Waals surface area contributed by atoms with Gasteiger partial charge in [-0.3, -0.25) is 14.6 Å². The molecule has 39 heavy (non-hydrogen) atoms. The molecule has 11 heteroatoms. The van der Waals surface area contributed by atoms with Gasteiger partial charge in [0.25, 0.3) is 5.91 Å². The first-order valence-electron chi connectivity index (χ1n) is 12.3. The molecule has 0 saturated carbocycles. The van der Waals surface area contributed by atoms with E-state index in [0.29, 0.717) is 31.9 Å². The van der Waals surface area contributed by atoms with Crippen molar-refractivity contribution in [1.82, 2.24) is 10.2 Å². The highest BCUT2D eigenvalue weighted by Crippen LogP contribution is 2.43. The van der Waals surface area contributed by atoms with E-state index >= 15 is 0 Å². The highest BCUT2D eigenvalue weighted by atomic mass is 16.5. The Morgan fingerprint density at radius 3 is 2.31 bits per heavy atom. The lowest BCUT2D eigenvalue weighted by Gasteiger charge is -2.36. The van der Waals surface area contributed by atoms with Gasteiger partial charge < -0.3 is 25.3 Å². The average Bonchev–Trinajstić information content (AvgIpc) is 2.99. The number of esters is 2. The van der Waals surface area contributed by atoms with Crippen LogP contribution in [0.2, 0.25) is 0 Å². The number of nitrogens with two attached hydrogens (primary N) is 1. The Hall–Kier alpha value is -4.66. The number of anilines is 1. The van der Waals surface area contributed by atoms with E-state index in [1.807, 2.05) is 4.90 Å². The van der Waals surface area contributed by atoms with Gasteiger partial charge in [-0.2, -0.15) is 5.26 Å². The standard InChI is InChI=1S/C28H29N5O6/c1-37-27(35)23-22(18-8-4-3-5-9-18)20(16-29)25(30)33(24(23)28(36)38-2)21-11-7-6-10-19(21)26(34)31-17-32-12-14-39-15-13-32/h3-11,22H,12-15,17,30H2,1-2H3,(H,31,34). The van der Waals surface area contributed by atoms with Crippen LogP contribution >= 0.6 is 0 Å². The van der Waals surface area contributed by atoms with Crippen molar-refractivity contribution in [2.24, 2.45) is 5.73 Å². The zero-order valence-corrected chi connectivity index (χ0v) is 21.7. The fourth-order valence-corrected chi connectivity index (χ4v) is 4.66. The molecular weight excluding hydrogens is 502 g/mol. The summed E-state index contributed by atoms with van der Waals surface area (Å²) in [5.74, 6) is -3.29. The van der Waals surface area contributed by atoms with Gasteiger partial charge >= 0.3 is 11.9 Å². The molecule has 0 aromatic heterocycles. The Morgan fingerprint density at radius 1 is 1.03 bits per heavy atom. The largest absolute Gasteiger partial charge is 0.466 e. The van der Waals surface area contributed by atoms with Crippen molar-refractivity contribution in [3.63, 3.8) is 0 Å². The van der Waals surface area contributed by atoms with Crippen molar-refractivity contribution < 1.29 is 28.6 Å². The van der Waals surface area contributed by atoms with Crippen molar-refractivity contribution in [3.05, 3.63) is 88.4 Å². The normalized spacial score (nSPS) is 17.9. The lowest BCUT2D eigenvalue weighted by molar-refractivity contribution is -0.139. The molecule has 202 valence electrons. The van der Waals surface area contributed by atoms with E-state index in [9.17, 15) is 19.6 Å². The molecule has 1 fully saturated rings. The summed E-state index contributed by atoms with van der Waals surface area (Å²) in [6.07, 6.45) is 0. The van der Waals surface area contributed by atoms with E-state index in [0.717, 1.165) is 0 Å². The molecule has 0 aliphatic carbocycles. The number of rotatable bonds is 7. The van der Waals surface area contributed by atoms with E-state index in [4.69, 9.17) is 19.9 Å². The number of amides is 1. The van der Waals surface area contributed by atoms with Crippen LogP contribution in [0.25, 0.3) is 0 Å². The molecule has 2 aliphatic heterocycles. The van der Waals surface area contributed by atoms with Gasteiger partial charge in [0.15, 0.2) is 0 Å². The van der Waals surface area contributed by atoms with Crippen molar-refractivity contribution in [3.8, 4) is 6.07 Å². The topological polar surface area (TPSA) is 147 Å². The van der Waals surface area contributed by atoms with Crippen molar-refractivity contribution in [2.45, 2.75) is 5.92 Å². The second-order valence-electron chi connectivity index (χ2n) is 8.75. The second kappa shape index (κ2) is 12.3. The fraction of sp³-hybridized carbons (Fsp3) is 0.286. The number of allylic oxidation sites excluding steroid dienone is 1. The van der Waals surface area contributed by atoms with Crippen LogP contribution in [-0.2, 0) is 23.8 Å². The number of morpholine rings is 1. The summed E-state index contributed by atoms with van der Waals surface area (Å²) in [5.41, 5.74) is 7.12. The summed E-state index contributed by atoms with van der Waals surface area (Å²) < 4.78 is 15.5. The number of ether oxygens (including phenoxy) is 3. The van der Waals surface area contributed by atoms with Crippen LogP contribution in [-0.4, -0.2) is 69.9 Å². The first kappa shape index (κ1) is 27.4. The van der Waals surface area contributed by atoms with Gasteiger partial charge in [-0.15, -0.1) is 0 Å². The molecule has 2 aliphatic rings. The maximum Gasteiger partial charge on any atom is 0.355 e. The van der Waals surface area contributed by atoms with E-state index < -0.39 is 23.8 Å². The van der Waals surface area contributed by atoms with Gasteiger partial charge in [0.1, 0.15) is 11.5 Å². The molecule has 2 aromatic carbocycles. The quantitative estimate of drug-likeness (QED) is 0.505. The van der Waals surface area contributed by atoms with Crippen molar-refractivity contribution in [2.75, 3.05) is 52.1 Å². The predicted octanol–water partition coefficient (Wildman–Crippen LogP) is 1.60.